The molecule has 2 N–H and O–H groups in total. The van der Waals surface area contributed by atoms with Gasteiger partial charge >= 0.3 is 5.97 Å². The predicted octanol–water partition coefficient (Wildman–Crippen LogP) is 1.48. The Balaban J connectivity index is 2.16. The zero-order valence-corrected chi connectivity index (χ0v) is 9.04. The van der Waals surface area contributed by atoms with Gasteiger partial charge in [0, 0.05) is 6.07 Å². The zero-order valence-electron chi connectivity index (χ0n) is 9.04. The smallest absolute Gasteiger partial charge is 0.384 e. The lowest BCUT2D eigenvalue weighted by Crippen LogP contribution is -2.09. The van der Waals surface area contributed by atoms with Gasteiger partial charge in [-0.1, -0.05) is 11.2 Å². The van der Waals surface area contributed by atoms with Gasteiger partial charge in [0.25, 0.3) is 5.76 Å². The molecule has 0 spiro atoms. The molecule has 2 aromatic rings. The summed E-state index contributed by atoms with van der Waals surface area (Å²) in [6, 6.07) is 6.63. The zero-order chi connectivity index (χ0) is 12.3. The number of anilines is 1. The highest BCUT2D eigenvalue weighted by Gasteiger charge is 2.17. The van der Waals surface area contributed by atoms with E-state index in [9.17, 15) is 4.79 Å². The Hall–Kier alpha value is -2.50. The van der Waals surface area contributed by atoms with Crippen LogP contribution in [0, 0.1) is 0 Å². The number of nitrogen functional groups attached to an aromatic ring is 1. The molecule has 2 rings (SSSR count). The normalized spacial score (nSPS) is 9.94. The van der Waals surface area contributed by atoms with E-state index >= 15 is 0 Å². The number of carbonyl (C=O) groups is 1. The van der Waals surface area contributed by atoms with E-state index in [0.29, 0.717) is 11.5 Å². The predicted molar refractivity (Wildman–Crippen MR) is 58.9 cm³/mol. The van der Waals surface area contributed by atoms with Gasteiger partial charge in [-0.05, 0) is 12.1 Å². The van der Waals surface area contributed by atoms with Crippen LogP contribution in [0.1, 0.15) is 10.6 Å². The Kier molecular flexibility index (Phi) is 2.95. The molecule has 0 bridgehead atoms. The van der Waals surface area contributed by atoms with Crippen LogP contribution >= 0.6 is 0 Å². The monoisotopic (exact) mass is 234 g/mol. The van der Waals surface area contributed by atoms with Crippen molar-refractivity contribution in [3.05, 3.63) is 36.2 Å². The topological polar surface area (TPSA) is 87.6 Å². The molecule has 0 radical (unpaired) electrons. The lowest BCUT2D eigenvalue weighted by atomic mass is 10.3. The minimum atomic E-state index is -0.701. The summed E-state index contributed by atoms with van der Waals surface area (Å²) in [6.07, 6.45) is 1.24. The number of nitrogens with zero attached hydrogens (tertiary/aromatic N) is 1. The van der Waals surface area contributed by atoms with Crippen molar-refractivity contribution in [2.24, 2.45) is 0 Å². The molecule has 1 aromatic heterocycles. The molecule has 1 heterocycles. The number of hydrogen-bond acceptors (Lipinski definition) is 6. The third-order valence-corrected chi connectivity index (χ3v) is 2.04. The maximum atomic E-state index is 11.6. The maximum absolute atomic E-state index is 11.6. The third kappa shape index (κ3) is 2.36. The van der Waals surface area contributed by atoms with Gasteiger partial charge in [0.2, 0.25) is 0 Å². The van der Waals surface area contributed by atoms with Crippen molar-refractivity contribution in [1.82, 2.24) is 5.16 Å². The van der Waals surface area contributed by atoms with Crippen molar-refractivity contribution in [1.29, 1.82) is 0 Å². The molecule has 6 nitrogen and oxygen atoms in total. The Morgan fingerprint density at radius 2 is 2.18 bits per heavy atom. The molecule has 0 unspecified atom stereocenters. The maximum Gasteiger partial charge on any atom is 0.384 e. The molecule has 6 heteroatoms. The molecular formula is C11H10N2O4. The highest BCUT2D eigenvalue weighted by atomic mass is 16.6. The fourth-order valence-electron chi connectivity index (χ4n) is 1.22. The van der Waals surface area contributed by atoms with Crippen molar-refractivity contribution < 1.29 is 18.8 Å². The van der Waals surface area contributed by atoms with E-state index in [1.54, 1.807) is 24.3 Å². The quantitative estimate of drug-likeness (QED) is 0.639. The van der Waals surface area contributed by atoms with Gasteiger partial charge in [-0.15, -0.1) is 0 Å². The van der Waals surface area contributed by atoms with E-state index in [1.807, 2.05) is 0 Å². The van der Waals surface area contributed by atoms with Crippen molar-refractivity contribution in [2.45, 2.75) is 0 Å². The van der Waals surface area contributed by atoms with Gasteiger partial charge in [0.1, 0.15) is 17.2 Å². The summed E-state index contributed by atoms with van der Waals surface area (Å²) in [7, 11) is 1.52. The second-order valence-electron chi connectivity index (χ2n) is 3.18. The van der Waals surface area contributed by atoms with Crippen LogP contribution in [0.15, 0.2) is 35.0 Å². The number of methoxy groups -OCH3 is 1. The molecule has 0 fully saturated rings. The van der Waals surface area contributed by atoms with Crippen molar-refractivity contribution in [2.75, 3.05) is 12.8 Å². The molecule has 0 aliphatic carbocycles. The number of rotatable bonds is 3. The van der Waals surface area contributed by atoms with E-state index in [2.05, 4.69) is 9.68 Å². The largest absolute Gasteiger partial charge is 0.497 e. The van der Waals surface area contributed by atoms with E-state index in [0.717, 1.165) is 0 Å². The van der Waals surface area contributed by atoms with Crippen LogP contribution in [0.2, 0.25) is 0 Å². The second-order valence-corrected chi connectivity index (χ2v) is 3.18. The fraction of sp³-hybridized carbons (Fsp3) is 0.0909. The van der Waals surface area contributed by atoms with Crippen LogP contribution in [0.3, 0.4) is 0 Å². The number of carbonyl (C=O) groups excluding carboxylic acids is 1. The number of nitrogens with two attached hydrogens (primary N) is 1. The second kappa shape index (κ2) is 4.56. The number of hydrogen-bond donors (Lipinski definition) is 1. The summed E-state index contributed by atoms with van der Waals surface area (Å²) in [5.74, 6) is 0.104. The first kappa shape index (κ1) is 11.0. The van der Waals surface area contributed by atoms with Crippen LogP contribution < -0.4 is 15.2 Å². The Labute approximate surface area is 96.9 Å². The van der Waals surface area contributed by atoms with Gasteiger partial charge in [0.15, 0.2) is 0 Å². The lowest BCUT2D eigenvalue weighted by molar-refractivity contribution is 0.0692. The first-order valence-corrected chi connectivity index (χ1v) is 4.77. The number of ether oxygens (including phenoxy) is 2. The molecule has 0 aliphatic rings. The summed E-state index contributed by atoms with van der Waals surface area (Å²) >= 11 is 0. The summed E-state index contributed by atoms with van der Waals surface area (Å²) < 4.78 is 14.7. The molecule has 0 saturated carbocycles. The SMILES string of the molecule is COc1cccc(OC(=O)c2oncc2N)c1. The van der Waals surface area contributed by atoms with E-state index in [4.69, 9.17) is 15.2 Å². The molecular weight excluding hydrogens is 224 g/mol. The van der Waals surface area contributed by atoms with Crippen LogP contribution in [0.5, 0.6) is 11.5 Å². The van der Waals surface area contributed by atoms with E-state index in [1.165, 1.54) is 13.3 Å². The lowest BCUT2D eigenvalue weighted by Gasteiger charge is -2.04. The molecule has 0 amide bonds. The molecule has 0 aliphatic heterocycles. The molecule has 0 saturated heterocycles. The van der Waals surface area contributed by atoms with Gasteiger partial charge in [0.05, 0.1) is 13.3 Å². The van der Waals surface area contributed by atoms with Crippen LogP contribution in [-0.2, 0) is 0 Å². The number of esters is 1. The first-order valence-electron chi connectivity index (χ1n) is 4.77. The van der Waals surface area contributed by atoms with Crippen LogP contribution in [0.25, 0.3) is 0 Å². The summed E-state index contributed by atoms with van der Waals surface area (Å²) in [5.41, 5.74) is 5.61. The highest BCUT2D eigenvalue weighted by Crippen LogP contribution is 2.21. The molecule has 1 aromatic carbocycles. The van der Waals surface area contributed by atoms with E-state index in [-0.39, 0.29) is 11.4 Å². The summed E-state index contributed by atoms with van der Waals surface area (Å²) in [4.78, 5) is 11.6. The van der Waals surface area contributed by atoms with E-state index < -0.39 is 5.97 Å². The Morgan fingerprint density at radius 3 is 2.82 bits per heavy atom. The number of benzene rings is 1. The first-order chi connectivity index (χ1) is 8.20. The number of aromatic nitrogens is 1. The van der Waals surface area contributed by atoms with Crippen molar-refractivity contribution in [3.8, 4) is 11.5 Å². The van der Waals surface area contributed by atoms with Gasteiger partial charge in [-0.25, -0.2) is 4.79 Å². The van der Waals surface area contributed by atoms with Crippen molar-refractivity contribution in [3.63, 3.8) is 0 Å². The van der Waals surface area contributed by atoms with Gasteiger partial charge < -0.3 is 19.7 Å². The molecule has 17 heavy (non-hydrogen) atoms. The summed E-state index contributed by atoms with van der Waals surface area (Å²) in [6.45, 7) is 0. The Morgan fingerprint density at radius 1 is 1.41 bits per heavy atom. The molecule has 0 atom stereocenters. The average molecular weight is 234 g/mol. The van der Waals surface area contributed by atoms with Crippen molar-refractivity contribution >= 4 is 11.7 Å². The van der Waals surface area contributed by atoms with Crippen LogP contribution in [-0.4, -0.2) is 18.2 Å². The minimum Gasteiger partial charge on any atom is -0.497 e. The average Bonchev–Trinajstić information content (AvgIpc) is 2.76. The van der Waals surface area contributed by atoms with Gasteiger partial charge in [-0.3, -0.25) is 0 Å². The highest BCUT2D eigenvalue weighted by molar-refractivity contribution is 5.93. The third-order valence-electron chi connectivity index (χ3n) is 2.04. The minimum absolute atomic E-state index is 0.118. The molecule has 88 valence electrons. The Bertz CT molecular complexity index is 536. The summed E-state index contributed by atoms with van der Waals surface area (Å²) in [5, 5.41) is 3.39. The standard InChI is InChI=1S/C11H10N2O4/c1-15-7-3-2-4-8(5-7)16-11(14)10-9(12)6-13-17-10/h2-6H,12H2,1H3. The van der Waals surface area contributed by atoms with Gasteiger partial charge in [-0.2, -0.15) is 0 Å². The van der Waals surface area contributed by atoms with Crippen LogP contribution in [0.4, 0.5) is 5.69 Å². The fourth-order valence-corrected chi connectivity index (χ4v) is 1.22.